The number of aryl methyl sites for hydroxylation is 1. The molecule has 5 heteroatoms. The number of benzene rings is 9. The van der Waals surface area contributed by atoms with Gasteiger partial charge in [0.2, 0.25) is 0 Å². The van der Waals surface area contributed by atoms with E-state index in [1.165, 1.54) is 82.6 Å². The molecule has 2 aromatic heterocycles. The molecule has 4 heterocycles. The Labute approximate surface area is 411 Å². The lowest BCUT2D eigenvalue weighted by Gasteiger charge is -2.41. The highest BCUT2D eigenvalue weighted by molar-refractivity contribution is 6.90. The van der Waals surface area contributed by atoms with Crippen LogP contribution < -0.4 is 20.7 Å². The van der Waals surface area contributed by atoms with Crippen LogP contribution in [0, 0.1) is 6.92 Å². The van der Waals surface area contributed by atoms with Crippen LogP contribution in [0.15, 0.2) is 174 Å². The molecule has 0 radical (unpaired) electrons. The standard InChI is InChI=1S/C65H58BN3O/c1-39-34-50-51-36-43(65(8,9)10)37-52-59-47-17-12-11-16-40(47)22-32-55(59)69(61(51)52)66-53-38-46(67(44-27-23-41(24-28-44)63(2,3)4)45-29-25-42(26-30-45)64(5,6)7)31-33-54(53)68(57(35-39)60(50)66)56-20-15-19-49-48-18-13-14-21-58(48)70-62(49)56/h11-38H,1-10H3. The zero-order chi connectivity index (χ0) is 48.2. The molecule has 13 rings (SSSR count). The maximum atomic E-state index is 6.93. The van der Waals surface area contributed by atoms with Crippen LogP contribution in [-0.2, 0) is 16.2 Å². The molecular weight excluding hydrogens is 850 g/mol. The second-order valence-electron chi connectivity index (χ2n) is 23.1. The first-order chi connectivity index (χ1) is 33.5. The Morgan fingerprint density at radius 1 is 0.471 bits per heavy atom. The van der Waals surface area contributed by atoms with Gasteiger partial charge in [0.15, 0.2) is 5.58 Å². The van der Waals surface area contributed by atoms with E-state index in [9.17, 15) is 0 Å². The van der Waals surface area contributed by atoms with Crippen LogP contribution in [0.4, 0.5) is 34.1 Å². The van der Waals surface area contributed by atoms with Crippen LogP contribution in [0.1, 0.15) is 84.6 Å². The maximum Gasteiger partial charge on any atom is 0.333 e. The van der Waals surface area contributed by atoms with Crippen molar-refractivity contribution >= 4 is 106 Å². The molecule has 2 aliphatic heterocycles. The SMILES string of the molecule is Cc1cc2c3c(c1)N(c1cccc4c1oc1ccccc14)c1ccc(N(c4ccc(C(C)(C)C)cc4)c4ccc(C(C)(C)C)cc4)cc1B3n1c3ccc4ccccc4c3c3cc(C(C)(C)C)cc-2c31. The predicted molar refractivity (Wildman–Crippen MR) is 300 cm³/mol. The van der Waals surface area contributed by atoms with Gasteiger partial charge in [-0.05, 0) is 152 Å². The Morgan fingerprint density at radius 3 is 1.79 bits per heavy atom. The fourth-order valence-electron chi connectivity index (χ4n) is 11.8. The average Bonchev–Trinajstić information content (AvgIpc) is 3.89. The number of anilines is 6. The Balaban J connectivity index is 1.15. The molecule has 4 nitrogen and oxygen atoms in total. The first-order valence-electron chi connectivity index (χ1n) is 25.0. The number of aromatic nitrogens is 1. The minimum atomic E-state index is -0.144. The summed E-state index contributed by atoms with van der Waals surface area (Å²) in [7, 11) is 0. The van der Waals surface area contributed by atoms with Crippen LogP contribution in [0.3, 0.4) is 0 Å². The summed E-state index contributed by atoms with van der Waals surface area (Å²) in [6.07, 6.45) is 0. The zero-order valence-corrected chi connectivity index (χ0v) is 42.0. The lowest BCUT2D eigenvalue weighted by atomic mass is 9.45. The van der Waals surface area contributed by atoms with E-state index in [0.717, 1.165) is 50.4 Å². The topological polar surface area (TPSA) is 24.6 Å². The van der Waals surface area contributed by atoms with E-state index in [1.54, 1.807) is 0 Å². The van der Waals surface area contributed by atoms with Crippen molar-refractivity contribution in [3.8, 4) is 11.1 Å². The molecular formula is C65H58BN3O. The molecule has 9 aromatic carbocycles. The maximum absolute atomic E-state index is 6.93. The first-order valence-corrected chi connectivity index (χ1v) is 25.0. The summed E-state index contributed by atoms with van der Waals surface area (Å²) in [6.45, 7) is 22.9. The van der Waals surface area contributed by atoms with Gasteiger partial charge in [0.05, 0.1) is 5.69 Å². The molecule has 0 unspecified atom stereocenters. The monoisotopic (exact) mass is 907 g/mol. The Morgan fingerprint density at radius 2 is 1.10 bits per heavy atom. The molecule has 0 amide bonds. The molecule has 0 saturated heterocycles. The molecule has 70 heavy (non-hydrogen) atoms. The molecule has 0 bridgehead atoms. The number of hydrogen-bond acceptors (Lipinski definition) is 3. The zero-order valence-electron chi connectivity index (χ0n) is 42.0. The van der Waals surface area contributed by atoms with Gasteiger partial charge in [0, 0.05) is 66.6 Å². The molecule has 0 N–H and O–H groups in total. The van der Waals surface area contributed by atoms with Gasteiger partial charge in [0.1, 0.15) is 5.58 Å². The molecule has 11 aromatic rings. The third kappa shape index (κ3) is 6.29. The number of nitrogens with zero attached hydrogens (tertiary/aromatic N) is 3. The number of fused-ring (bicyclic) bond motifs is 12. The van der Waals surface area contributed by atoms with Gasteiger partial charge in [-0.1, -0.05) is 153 Å². The van der Waals surface area contributed by atoms with E-state index in [4.69, 9.17) is 4.42 Å². The second kappa shape index (κ2) is 14.8. The van der Waals surface area contributed by atoms with Crippen molar-refractivity contribution in [3.05, 3.63) is 192 Å². The smallest absolute Gasteiger partial charge is 0.333 e. The van der Waals surface area contributed by atoms with Crippen LogP contribution in [-0.4, -0.2) is 11.3 Å². The van der Waals surface area contributed by atoms with Crippen LogP contribution in [0.2, 0.25) is 0 Å². The van der Waals surface area contributed by atoms with Crippen molar-refractivity contribution in [1.29, 1.82) is 0 Å². The summed E-state index contributed by atoms with van der Waals surface area (Å²) < 4.78 is 9.64. The summed E-state index contributed by atoms with van der Waals surface area (Å²) >= 11 is 0. The minimum absolute atomic E-state index is 0.0280. The van der Waals surface area contributed by atoms with Gasteiger partial charge < -0.3 is 18.7 Å². The molecule has 0 aliphatic carbocycles. The Kier molecular flexibility index (Phi) is 8.98. The van der Waals surface area contributed by atoms with Gasteiger partial charge in [-0.2, -0.15) is 0 Å². The van der Waals surface area contributed by atoms with E-state index in [1.807, 2.05) is 0 Å². The molecule has 2 aliphatic rings. The molecule has 0 fully saturated rings. The highest BCUT2D eigenvalue weighted by Gasteiger charge is 2.44. The highest BCUT2D eigenvalue weighted by atomic mass is 16.3. The summed E-state index contributed by atoms with van der Waals surface area (Å²) in [4.78, 5) is 4.97. The molecule has 0 spiro atoms. The first kappa shape index (κ1) is 42.6. The average molecular weight is 908 g/mol. The molecule has 342 valence electrons. The van der Waals surface area contributed by atoms with Crippen molar-refractivity contribution in [1.82, 2.24) is 4.48 Å². The van der Waals surface area contributed by atoms with Crippen LogP contribution in [0.5, 0.6) is 0 Å². The van der Waals surface area contributed by atoms with Crippen molar-refractivity contribution in [2.24, 2.45) is 0 Å². The van der Waals surface area contributed by atoms with E-state index in [0.29, 0.717) is 0 Å². The molecule has 0 atom stereocenters. The van der Waals surface area contributed by atoms with Crippen molar-refractivity contribution in [2.75, 3.05) is 9.80 Å². The number of furan rings is 1. The Bertz CT molecular complexity index is 3910. The van der Waals surface area contributed by atoms with Crippen LogP contribution in [0.25, 0.3) is 65.6 Å². The van der Waals surface area contributed by atoms with Crippen molar-refractivity contribution in [3.63, 3.8) is 0 Å². The van der Waals surface area contributed by atoms with Gasteiger partial charge in [-0.3, -0.25) is 0 Å². The quantitative estimate of drug-likeness (QED) is 0.165. The molecule has 0 saturated carbocycles. The summed E-state index contributed by atoms with van der Waals surface area (Å²) in [6, 6.07) is 64.3. The van der Waals surface area contributed by atoms with Gasteiger partial charge >= 0.3 is 6.85 Å². The number of para-hydroxylation sites is 2. The predicted octanol–water partition coefficient (Wildman–Crippen LogP) is 16.9. The number of rotatable bonds is 4. The minimum Gasteiger partial charge on any atom is -0.454 e. The Hall–Kier alpha value is -7.50. The highest BCUT2D eigenvalue weighted by Crippen LogP contribution is 2.50. The summed E-state index contributed by atoms with van der Waals surface area (Å²) in [5.74, 6) is 0. The van der Waals surface area contributed by atoms with Gasteiger partial charge in [-0.15, -0.1) is 0 Å². The third-order valence-electron chi connectivity index (χ3n) is 15.4. The van der Waals surface area contributed by atoms with Crippen LogP contribution >= 0.6 is 0 Å². The van der Waals surface area contributed by atoms with E-state index in [2.05, 4.69) is 253 Å². The largest absolute Gasteiger partial charge is 0.454 e. The van der Waals surface area contributed by atoms with Gasteiger partial charge in [-0.25, -0.2) is 0 Å². The van der Waals surface area contributed by atoms with Crippen molar-refractivity contribution in [2.45, 2.75) is 85.5 Å². The van der Waals surface area contributed by atoms with Crippen molar-refractivity contribution < 1.29 is 4.42 Å². The third-order valence-corrected chi connectivity index (χ3v) is 15.4. The van der Waals surface area contributed by atoms with E-state index < -0.39 is 0 Å². The lowest BCUT2D eigenvalue weighted by molar-refractivity contribution is 0.590. The fourth-order valence-corrected chi connectivity index (χ4v) is 11.8. The normalized spacial score (nSPS) is 13.5. The fraction of sp³-hybridized carbons (Fsp3) is 0.200. The summed E-state index contributed by atoms with van der Waals surface area (Å²) in [5, 5.41) is 7.41. The second-order valence-corrected chi connectivity index (χ2v) is 23.1. The van der Waals surface area contributed by atoms with E-state index >= 15 is 0 Å². The van der Waals surface area contributed by atoms with Gasteiger partial charge in [0.25, 0.3) is 0 Å². The summed E-state index contributed by atoms with van der Waals surface area (Å²) in [5.41, 5.74) is 21.3. The number of hydrogen-bond donors (Lipinski definition) is 0. The lowest BCUT2D eigenvalue weighted by Crippen LogP contribution is -2.56. The van der Waals surface area contributed by atoms with E-state index in [-0.39, 0.29) is 23.1 Å².